The highest BCUT2D eigenvalue weighted by Crippen LogP contribution is 2.23. The highest BCUT2D eigenvalue weighted by molar-refractivity contribution is 6.35. The number of amides is 2. The van der Waals surface area contributed by atoms with E-state index in [-0.39, 0.29) is 25.3 Å². The molecule has 0 bridgehead atoms. The van der Waals surface area contributed by atoms with Crippen molar-refractivity contribution in [2.75, 3.05) is 26.3 Å². The summed E-state index contributed by atoms with van der Waals surface area (Å²) in [5.41, 5.74) is 0. The van der Waals surface area contributed by atoms with Crippen LogP contribution in [0.4, 0.5) is 0 Å². The van der Waals surface area contributed by atoms with Gasteiger partial charge in [-0.25, -0.2) is 0 Å². The third-order valence-electron chi connectivity index (χ3n) is 4.88. The molecular weight excluding hydrogens is 284 g/mol. The largest absolute Gasteiger partial charge is 0.396 e. The first-order valence-electron chi connectivity index (χ1n) is 8.52. The lowest BCUT2D eigenvalue weighted by Crippen LogP contribution is -2.54. The third kappa shape index (κ3) is 3.98. The van der Waals surface area contributed by atoms with Crippen molar-refractivity contribution in [2.45, 2.75) is 63.5 Å². The summed E-state index contributed by atoms with van der Waals surface area (Å²) in [6.07, 6.45) is 6.72. The summed E-state index contributed by atoms with van der Waals surface area (Å²) in [4.78, 5) is 28.6. The van der Waals surface area contributed by atoms with Crippen LogP contribution in [0.25, 0.3) is 0 Å². The number of carbonyl (C=O) groups is 2. The van der Waals surface area contributed by atoms with Gasteiger partial charge in [-0.15, -0.1) is 0 Å². The summed E-state index contributed by atoms with van der Waals surface area (Å²) >= 11 is 0. The van der Waals surface area contributed by atoms with Crippen LogP contribution in [-0.4, -0.2) is 70.2 Å². The molecule has 2 aliphatic rings. The lowest BCUT2D eigenvalue weighted by Gasteiger charge is -2.39. The van der Waals surface area contributed by atoms with Crippen LogP contribution in [0.2, 0.25) is 0 Å². The fourth-order valence-electron chi connectivity index (χ4n) is 3.68. The summed E-state index contributed by atoms with van der Waals surface area (Å²) < 4.78 is 0. The average molecular weight is 312 g/mol. The molecule has 0 spiro atoms. The summed E-state index contributed by atoms with van der Waals surface area (Å²) in [5.74, 6) is -0.856. The molecule has 2 unspecified atom stereocenters. The van der Waals surface area contributed by atoms with E-state index in [0.29, 0.717) is 25.9 Å². The number of nitrogens with zero attached hydrogens (tertiary/aromatic N) is 2. The Morgan fingerprint density at radius 2 is 1.18 bits per heavy atom. The van der Waals surface area contributed by atoms with Gasteiger partial charge in [0.05, 0.1) is 0 Å². The fourth-order valence-corrected chi connectivity index (χ4v) is 3.68. The normalized spacial score (nSPS) is 26.1. The van der Waals surface area contributed by atoms with Gasteiger partial charge in [0.25, 0.3) is 0 Å². The van der Waals surface area contributed by atoms with Gasteiger partial charge in [-0.2, -0.15) is 0 Å². The summed E-state index contributed by atoms with van der Waals surface area (Å²) in [7, 11) is 0. The summed E-state index contributed by atoms with van der Waals surface area (Å²) in [6.45, 7) is 1.29. The van der Waals surface area contributed by atoms with Crippen LogP contribution in [0, 0.1) is 0 Å². The Morgan fingerprint density at radius 1 is 0.773 bits per heavy atom. The third-order valence-corrected chi connectivity index (χ3v) is 4.88. The molecule has 0 aromatic heterocycles. The molecule has 0 aromatic rings. The minimum Gasteiger partial charge on any atom is -0.396 e. The van der Waals surface area contributed by atoms with Gasteiger partial charge in [-0.05, 0) is 51.4 Å². The zero-order chi connectivity index (χ0) is 15.9. The van der Waals surface area contributed by atoms with Crippen molar-refractivity contribution in [1.29, 1.82) is 0 Å². The van der Waals surface area contributed by atoms with Crippen LogP contribution in [0.3, 0.4) is 0 Å². The van der Waals surface area contributed by atoms with Crippen molar-refractivity contribution in [3.63, 3.8) is 0 Å². The molecule has 0 aliphatic carbocycles. The van der Waals surface area contributed by atoms with Crippen LogP contribution in [0.15, 0.2) is 0 Å². The van der Waals surface area contributed by atoms with Crippen molar-refractivity contribution in [3.05, 3.63) is 0 Å². The lowest BCUT2D eigenvalue weighted by molar-refractivity contribution is -0.156. The highest BCUT2D eigenvalue weighted by atomic mass is 16.3. The molecule has 6 nitrogen and oxygen atoms in total. The van der Waals surface area contributed by atoms with E-state index in [9.17, 15) is 9.59 Å². The number of aliphatic hydroxyl groups is 2. The molecule has 2 atom stereocenters. The SMILES string of the molecule is O=C(C(=O)N1CCCCC1CCO)N1CCCCC1CCO. The first kappa shape index (κ1) is 17.2. The molecule has 2 N–H and O–H groups in total. The van der Waals surface area contributed by atoms with Crippen LogP contribution in [0.5, 0.6) is 0 Å². The zero-order valence-corrected chi connectivity index (χ0v) is 13.2. The number of aliphatic hydroxyl groups excluding tert-OH is 2. The maximum absolute atomic E-state index is 12.6. The molecule has 2 rings (SSSR count). The molecule has 6 heteroatoms. The molecule has 2 aliphatic heterocycles. The van der Waals surface area contributed by atoms with Crippen molar-refractivity contribution in [3.8, 4) is 0 Å². The topological polar surface area (TPSA) is 81.1 Å². The Labute approximate surface area is 132 Å². The van der Waals surface area contributed by atoms with E-state index in [1.165, 1.54) is 0 Å². The van der Waals surface area contributed by atoms with Crippen molar-refractivity contribution in [2.24, 2.45) is 0 Å². The van der Waals surface area contributed by atoms with Crippen molar-refractivity contribution < 1.29 is 19.8 Å². The molecule has 0 radical (unpaired) electrons. The van der Waals surface area contributed by atoms with Gasteiger partial charge in [-0.1, -0.05) is 0 Å². The van der Waals surface area contributed by atoms with E-state index in [2.05, 4.69) is 0 Å². The molecule has 0 aromatic carbocycles. The van der Waals surface area contributed by atoms with E-state index in [0.717, 1.165) is 38.5 Å². The van der Waals surface area contributed by atoms with Gasteiger partial charge in [0.15, 0.2) is 0 Å². The minimum atomic E-state index is -0.428. The van der Waals surface area contributed by atoms with Gasteiger partial charge in [0.2, 0.25) is 0 Å². The molecule has 2 heterocycles. The van der Waals surface area contributed by atoms with Gasteiger partial charge in [0, 0.05) is 38.4 Å². The van der Waals surface area contributed by atoms with Crippen molar-refractivity contribution >= 4 is 11.8 Å². The molecule has 22 heavy (non-hydrogen) atoms. The second kappa shape index (κ2) is 8.48. The Bertz CT molecular complexity index is 348. The van der Waals surface area contributed by atoms with E-state index >= 15 is 0 Å². The number of hydrogen-bond acceptors (Lipinski definition) is 4. The Balaban J connectivity index is 2.04. The second-order valence-electron chi connectivity index (χ2n) is 6.32. The van der Waals surface area contributed by atoms with Gasteiger partial charge < -0.3 is 20.0 Å². The maximum Gasteiger partial charge on any atom is 0.312 e. The monoisotopic (exact) mass is 312 g/mol. The number of piperidine rings is 2. The lowest BCUT2D eigenvalue weighted by atomic mass is 9.97. The van der Waals surface area contributed by atoms with Gasteiger partial charge >= 0.3 is 11.8 Å². The minimum absolute atomic E-state index is 0.0173. The maximum atomic E-state index is 12.6. The summed E-state index contributed by atoms with van der Waals surface area (Å²) in [6, 6.07) is -0.0347. The molecule has 2 amide bonds. The van der Waals surface area contributed by atoms with Crippen LogP contribution in [0.1, 0.15) is 51.4 Å². The number of hydrogen-bond donors (Lipinski definition) is 2. The Morgan fingerprint density at radius 3 is 1.55 bits per heavy atom. The van der Waals surface area contributed by atoms with E-state index in [4.69, 9.17) is 10.2 Å². The van der Waals surface area contributed by atoms with E-state index in [1.54, 1.807) is 9.80 Å². The number of carbonyl (C=O) groups excluding carboxylic acids is 2. The fraction of sp³-hybridized carbons (Fsp3) is 0.875. The zero-order valence-electron chi connectivity index (χ0n) is 13.2. The van der Waals surface area contributed by atoms with Gasteiger partial charge in [0.1, 0.15) is 0 Å². The van der Waals surface area contributed by atoms with Crippen LogP contribution < -0.4 is 0 Å². The molecule has 0 saturated carbocycles. The summed E-state index contributed by atoms with van der Waals surface area (Å²) in [5, 5.41) is 18.3. The average Bonchev–Trinajstić information content (AvgIpc) is 2.55. The molecule has 2 saturated heterocycles. The second-order valence-corrected chi connectivity index (χ2v) is 6.32. The Kier molecular flexibility index (Phi) is 6.64. The molecular formula is C16H28N2O4. The molecule has 126 valence electrons. The standard InChI is InChI=1S/C16H28N2O4/c19-11-7-13-5-1-3-9-17(13)15(21)16(22)18-10-4-2-6-14(18)8-12-20/h13-14,19-20H,1-12H2. The quantitative estimate of drug-likeness (QED) is 0.741. The van der Waals surface area contributed by atoms with Crippen LogP contribution >= 0.6 is 0 Å². The van der Waals surface area contributed by atoms with Gasteiger partial charge in [-0.3, -0.25) is 9.59 Å². The predicted octanol–water partition coefficient (Wildman–Crippen LogP) is 0.513. The van der Waals surface area contributed by atoms with E-state index < -0.39 is 11.8 Å². The smallest absolute Gasteiger partial charge is 0.312 e. The highest BCUT2D eigenvalue weighted by Gasteiger charge is 2.36. The van der Waals surface area contributed by atoms with E-state index in [1.807, 2.05) is 0 Å². The predicted molar refractivity (Wildman–Crippen MR) is 82.1 cm³/mol. The Hall–Kier alpha value is -1.14. The molecule has 2 fully saturated rings. The van der Waals surface area contributed by atoms with Crippen LogP contribution in [-0.2, 0) is 9.59 Å². The van der Waals surface area contributed by atoms with Crippen molar-refractivity contribution in [1.82, 2.24) is 9.80 Å². The first-order chi connectivity index (χ1) is 10.7. The first-order valence-corrected chi connectivity index (χ1v) is 8.52. The number of likely N-dealkylation sites (tertiary alicyclic amines) is 2. The number of rotatable bonds is 4.